The third-order valence-electron chi connectivity index (χ3n) is 6.11. The molecule has 4 nitrogen and oxygen atoms in total. The first-order valence-corrected chi connectivity index (χ1v) is 11.0. The van der Waals surface area contributed by atoms with Crippen LogP contribution in [0.2, 0.25) is 0 Å². The van der Waals surface area contributed by atoms with Crippen molar-refractivity contribution in [2.24, 2.45) is 0 Å². The molecule has 1 saturated heterocycles. The minimum absolute atomic E-state index is 0.160. The number of aromatic nitrogens is 1. The highest BCUT2D eigenvalue weighted by atomic mass is 32.1. The Morgan fingerprint density at radius 3 is 2.89 bits per heavy atom. The third-order valence-corrected chi connectivity index (χ3v) is 7.27. The van der Waals surface area contributed by atoms with Crippen LogP contribution in [-0.2, 0) is 19.4 Å². The molecule has 0 radical (unpaired) electrons. The lowest BCUT2D eigenvalue weighted by atomic mass is 9.98. The summed E-state index contributed by atoms with van der Waals surface area (Å²) in [5, 5.41) is 1.13. The van der Waals surface area contributed by atoms with Gasteiger partial charge in [0.15, 0.2) is 0 Å². The zero-order valence-electron chi connectivity index (χ0n) is 16.2. The van der Waals surface area contributed by atoms with E-state index in [1.165, 1.54) is 11.1 Å². The number of carbonyl (C=O) groups is 1. The second-order valence-electron chi connectivity index (χ2n) is 7.83. The molecule has 0 N–H and O–H groups in total. The van der Waals surface area contributed by atoms with Crippen molar-refractivity contribution in [3.63, 3.8) is 0 Å². The van der Waals surface area contributed by atoms with E-state index in [4.69, 9.17) is 0 Å². The van der Waals surface area contributed by atoms with Gasteiger partial charge in [-0.05, 0) is 48.6 Å². The highest BCUT2D eigenvalue weighted by Gasteiger charge is 2.32. The van der Waals surface area contributed by atoms with Crippen LogP contribution in [0, 0.1) is 0 Å². The molecule has 5 rings (SSSR count). The van der Waals surface area contributed by atoms with Gasteiger partial charge in [-0.2, -0.15) is 0 Å². The zero-order chi connectivity index (χ0) is 19.1. The summed E-state index contributed by atoms with van der Waals surface area (Å²) in [6.45, 7) is 5.91. The fourth-order valence-corrected chi connectivity index (χ4v) is 5.44. The molecule has 1 unspecified atom stereocenters. The van der Waals surface area contributed by atoms with Gasteiger partial charge in [-0.15, -0.1) is 11.3 Å². The molecule has 3 aromatic rings. The lowest BCUT2D eigenvalue weighted by Gasteiger charge is -2.33. The zero-order valence-corrected chi connectivity index (χ0v) is 17.0. The number of aryl methyl sites for hydroxylation is 1. The maximum Gasteiger partial charge on any atom is 0.253 e. The second kappa shape index (κ2) is 7.30. The van der Waals surface area contributed by atoms with Crippen molar-refractivity contribution < 1.29 is 4.79 Å². The summed E-state index contributed by atoms with van der Waals surface area (Å²) >= 11 is 1.70. The van der Waals surface area contributed by atoms with Crippen molar-refractivity contribution in [2.75, 3.05) is 19.6 Å². The number of carbonyl (C=O) groups excluding carboxylic acids is 1. The van der Waals surface area contributed by atoms with Gasteiger partial charge in [0, 0.05) is 37.8 Å². The molecule has 2 aromatic carbocycles. The van der Waals surface area contributed by atoms with Gasteiger partial charge in [0.25, 0.3) is 5.91 Å². The van der Waals surface area contributed by atoms with E-state index in [9.17, 15) is 4.79 Å². The smallest absolute Gasteiger partial charge is 0.253 e. The largest absolute Gasteiger partial charge is 0.337 e. The van der Waals surface area contributed by atoms with Crippen molar-refractivity contribution in [1.82, 2.24) is 14.8 Å². The van der Waals surface area contributed by atoms with Crippen LogP contribution in [0.4, 0.5) is 0 Å². The highest BCUT2D eigenvalue weighted by molar-refractivity contribution is 7.18. The standard InChI is InChI=1S/C23H25N3OS/c1-2-22-24-20-8-7-17(13-21(20)28-22)23(27)26-12-10-19(15-26)25-11-9-16-5-3-4-6-18(16)14-25/h3-8,13,19H,2,9-12,14-15H2,1H3. The van der Waals surface area contributed by atoms with Crippen molar-refractivity contribution in [3.8, 4) is 0 Å². The molecule has 1 fully saturated rings. The summed E-state index contributed by atoms with van der Waals surface area (Å²) in [7, 11) is 0. The van der Waals surface area contributed by atoms with Crippen LogP contribution in [0.15, 0.2) is 42.5 Å². The van der Waals surface area contributed by atoms with Gasteiger partial charge in [-0.3, -0.25) is 9.69 Å². The predicted octanol–water partition coefficient (Wildman–Crippen LogP) is 4.13. The molecule has 2 aliphatic heterocycles. The molecule has 0 saturated carbocycles. The number of nitrogens with zero attached hydrogens (tertiary/aromatic N) is 3. The minimum atomic E-state index is 0.160. The Morgan fingerprint density at radius 1 is 1.18 bits per heavy atom. The van der Waals surface area contributed by atoms with Gasteiger partial charge < -0.3 is 4.90 Å². The van der Waals surface area contributed by atoms with E-state index in [-0.39, 0.29) is 5.91 Å². The first kappa shape index (κ1) is 17.8. The molecule has 1 amide bonds. The Labute approximate surface area is 169 Å². The summed E-state index contributed by atoms with van der Waals surface area (Å²) < 4.78 is 1.12. The highest BCUT2D eigenvalue weighted by Crippen LogP contribution is 2.27. The van der Waals surface area contributed by atoms with Crippen LogP contribution in [0.25, 0.3) is 10.2 Å². The Hall–Kier alpha value is -2.24. The van der Waals surface area contributed by atoms with E-state index in [1.807, 2.05) is 23.1 Å². The molecule has 144 valence electrons. The number of hydrogen-bond acceptors (Lipinski definition) is 4. The number of hydrogen-bond donors (Lipinski definition) is 0. The quantitative estimate of drug-likeness (QED) is 0.674. The van der Waals surface area contributed by atoms with E-state index in [2.05, 4.69) is 41.1 Å². The summed E-state index contributed by atoms with van der Waals surface area (Å²) in [5.41, 5.74) is 4.73. The van der Waals surface area contributed by atoms with Gasteiger partial charge in [0.2, 0.25) is 0 Å². The molecule has 3 heterocycles. The number of rotatable bonds is 3. The number of fused-ring (bicyclic) bond motifs is 2. The van der Waals surface area contributed by atoms with Crippen LogP contribution in [0.1, 0.15) is 39.8 Å². The van der Waals surface area contributed by atoms with Crippen LogP contribution in [0.5, 0.6) is 0 Å². The molecule has 0 bridgehead atoms. The van der Waals surface area contributed by atoms with E-state index in [0.29, 0.717) is 6.04 Å². The number of amides is 1. The average Bonchev–Trinajstić information content (AvgIpc) is 3.39. The van der Waals surface area contributed by atoms with Crippen LogP contribution < -0.4 is 0 Å². The van der Waals surface area contributed by atoms with Gasteiger partial charge in [-0.25, -0.2) is 4.98 Å². The SMILES string of the molecule is CCc1nc2ccc(C(=O)N3CCC(N4CCc5ccccc5C4)C3)cc2s1. The van der Waals surface area contributed by atoms with E-state index >= 15 is 0 Å². The van der Waals surface area contributed by atoms with Gasteiger partial charge in [0.1, 0.15) is 0 Å². The molecule has 2 aliphatic rings. The minimum Gasteiger partial charge on any atom is -0.337 e. The first-order valence-electron chi connectivity index (χ1n) is 10.2. The lowest BCUT2D eigenvalue weighted by molar-refractivity contribution is 0.0773. The molecule has 28 heavy (non-hydrogen) atoms. The topological polar surface area (TPSA) is 36.4 Å². The molecule has 5 heteroatoms. The first-order chi connectivity index (χ1) is 13.7. The number of benzene rings is 2. The molecule has 1 aromatic heterocycles. The number of likely N-dealkylation sites (tertiary alicyclic amines) is 1. The van der Waals surface area contributed by atoms with E-state index in [0.717, 1.165) is 66.2 Å². The van der Waals surface area contributed by atoms with Gasteiger partial charge in [0.05, 0.1) is 15.2 Å². The maximum absolute atomic E-state index is 13.1. The van der Waals surface area contributed by atoms with Gasteiger partial charge in [-0.1, -0.05) is 31.2 Å². The second-order valence-corrected chi connectivity index (χ2v) is 8.94. The predicted molar refractivity (Wildman–Crippen MR) is 114 cm³/mol. The molecular weight excluding hydrogens is 366 g/mol. The Kier molecular flexibility index (Phi) is 4.65. The fraction of sp³-hybridized carbons (Fsp3) is 0.391. The lowest BCUT2D eigenvalue weighted by Crippen LogP contribution is -2.41. The molecule has 0 spiro atoms. The van der Waals surface area contributed by atoms with Crippen LogP contribution in [-0.4, -0.2) is 46.4 Å². The molecule has 0 aliphatic carbocycles. The monoisotopic (exact) mass is 391 g/mol. The van der Waals surface area contributed by atoms with Crippen LogP contribution >= 0.6 is 11.3 Å². The average molecular weight is 392 g/mol. The Morgan fingerprint density at radius 2 is 2.04 bits per heavy atom. The summed E-state index contributed by atoms with van der Waals surface area (Å²) in [6, 6.07) is 15.2. The molecule has 1 atom stereocenters. The summed E-state index contributed by atoms with van der Waals surface area (Å²) in [5.74, 6) is 0.160. The number of thiazole rings is 1. The maximum atomic E-state index is 13.1. The molecular formula is C23H25N3OS. The van der Waals surface area contributed by atoms with E-state index < -0.39 is 0 Å². The van der Waals surface area contributed by atoms with Crippen molar-refractivity contribution in [2.45, 2.75) is 38.8 Å². The van der Waals surface area contributed by atoms with Crippen LogP contribution in [0.3, 0.4) is 0 Å². The van der Waals surface area contributed by atoms with Crippen molar-refractivity contribution >= 4 is 27.5 Å². The van der Waals surface area contributed by atoms with Crippen molar-refractivity contribution in [3.05, 3.63) is 64.2 Å². The van der Waals surface area contributed by atoms with E-state index in [1.54, 1.807) is 11.3 Å². The van der Waals surface area contributed by atoms with Gasteiger partial charge >= 0.3 is 0 Å². The Bertz CT molecular complexity index is 1030. The third kappa shape index (κ3) is 3.23. The Balaban J connectivity index is 1.29. The summed E-state index contributed by atoms with van der Waals surface area (Å²) in [4.78, 5) is 22.3. The fourth-order valence-electron chi connectivity index (χ4n) is 4.49. The normalized spacial score (nSPS) is 19.9. The van der Waals surface area contributed by atoms with Crippen molar-refractivity contribution in [1.29, 1.82) is 0 Å². The summed E-state index contributed by atoms with van der Waals surface area (Å²) in [6.07, 6.45) is 3.12.